The monoisotopic (exact) mass is 1130 g/mol. The van der Waals surface area contributed by atoms with E-state index in [1.54, 1.807) is 7.11 Å². The van der Waals surface area contributed by atoms with Crippen molar-refractivity contribution in [3.63, 3.8) is 0 Å². The largest absolute Gasteiger partial charge is 0.417 e. The summed E-state index contributed by atoms with van der Waals surface area (Å²) in [5.74, 6) is 10.3. The Bertz CT molecular complexity index is 1460. The lowest BCUT2D eigenvalue weighted by Gasteiger charge is -2.35. The number of ether oxygens (including phenoxy) is 2. The molecule has 2 saturated heterocycles. The first-order valence-electron chi connectivity index (χ1n) is 32.9. The molecule has 0 aromatic rings. The van der Waals surface area contributed by atoms with Gasteiger partial charge < -0.3 is 25.0 Å². The molecule has 6 aliphatic rings. The van der Waals surface area contributed by atoms with E-state index in [-0.39, 0.29) is 30.8 Å². The molecule has 3 N–H and O–H groups in total. The van der Waals surface area contributed by atoms with Crippen molar-refractivity contribution in [1.29, 1.82) is 0 Å². The molecule has 8 heteroatoms. The van der Waals surface area contributed by atoms with Gasteiger partial charge in [-0.25, -0.2) is 0 Å². The predicted molar refractivity (Wildman–Crippen MR) is 341 cm³/mol. The number of β-amino-alcohol motifs (C(OH)–C–C–N with tert-alkyl or cyclic N) is 1. The SMILES string of the molecule is CC(C)(C)CC1CC1.CC(C)(C)CCC1CCOCC1.CC(C)C(C)(C)C.CC(C)C1CCC(O)(C(F)(F)F)C1.CC(C)C1CNCC1O.CC(C1CC1)C(C)(C)C.CC1CCC(C(C)(C)C)CC1.COCC(C(C)C)C(C)C. The van der Waals surface area contributed by atoms with Gasteiger partial charge in [0.25, 0.3) is 0 Å². The van der Waals surface area contributed by atoms with Gasteiger partial charge in [0, 0.05) is 45.9 Å². The van der Waals surface area contributed by atoms with Gasteiger partial charge in [-0.3, -0.25) is 0 Å². The molecule has 79 heavy (non-hydrogen) atoms. The highest BCUT2D eigenvalue weighted by molar-refractivity contribution is 4.95. The minimum atomic E-state index is -4.46. The van der Waals surface area contributed by atoms with Gasteiger partial charge in [0.2, 0.25) is 0 Å². The summed E-state index contributed by atoms with van der Waals surface area (Å²) < 4.78 is 47.5. The van der Waals surface area contributed by atoms with Crippen LogP contribution in [0.15, 0.2) is 0 Å². The first-order valence-corrected chi connectivity index (χ1v) is 32.9. The number of halogens is 3. The van der Waals surface area contributed by atoms with Gasteiger partial charge in [-0.1, -0.05) is 213 Å². The minimum Gasteiger partial charge on any atom is -0.391 e. The third-order valence-corrected chi connectivity index (χ3v) is 19.1. The summed E-state index contributed by atoms with van der Waals surface area (Å²) in [6, 6.07) is 0. The Morgan fingerprint density at radius 2 is 1.08 bits per heavy atom. The van der Waals surface area contributed by atoms with Crippen LogP contribution in [0.1, 0.15) is 290 Å². The summed E-state index contributed by atoms with van der Waals surface area (Å²) in [6.45, 7) is 66.0. The highest BCUT2D eigenvalue weighted by Crippen LogP contribution is 2.48. The van der Waals surface area contributed by atoms with E-state index in [0.29, 0.717) is 51.2 Å². The lowest BCUT2D eigenvalue weighted by atomic mass is 9.70. The van der Waals surface area contributed by atoms with Crippen LogP contribution in [0.25, 0.3) is 0 Å². The molecule has 478 valence electrons. The van der Waals surface area contributed by atoms with Crippen molar-refractivity contribution in [2.45, 2.75) is 308 Å². The second kappa shape index (κ2) is 37.2. The summed E-state index contributed by atoms with van der Waals surface area (Å²) in [5.41, 5.74) is 0.280. The van der Waals surface area contributed by atoms with Crippen molar-refractivity contribution in [3.8, 4) is 0 Å². The third kappa shape index (κ3) is 39.8. The van der Waals surface area contributed by atoms with Crippen molar-refractivity contribution in [1.82, 2.24) is 5.32 Å². The lowest BCUT2D eigenvalue weighted by Crippen LogP contribution is -2.42. The van der Waals surface area contributed by atoms with Crippen molar-refractivity contribution in [2.24, 2.45) is 110 Å². The number of hydrogen-bond acceptors (Lipinski definition) is 5. The van der Waals surface area contributed by atoms with E-state index in [9.17, 15) is 23.4 Å². The molecule has 6 fully saturated rings. The molecule has 6 rings (SSSR count). The Hall–Kier alpha value is -0.410. The van der Waals surface area contributed by atoms with E-state index in [2.05, 4.69) is 178 Å². The summed E-state index contributed by atoms with van der Waals surface area (Å²) >= 11 is 0. The predicted octanol–water partition coefficient (Wildman–Crippen LogP) is 21.2. The fourth-order valence-corrected chi connectivity index (χ4v) is 10.9. The zero-order valence-corrected chi connectivity index (χ0v) is 58.4. The lowest BCUT2D eigenvalue weighted by molar-refractivity contribution is -0.258. The zero-order chi connectivity index (χ0) is 62.1. The molecule has 0 radical (unpaired) electrons. The molecule has 5 unspecified atom stereocenters. The fraction of sp³-hybridized carbons (Fsp3) is 1.00. The standard InChI is InChI=1S/C11H22O.C11H22.C9H15F3O.C9H20O.C9H18.C8H16.C7H15NO.C7H16/c1-11(2,3)7-4-10-5-8-12-9-6-10;1-9-5-7-10(8-6-9)11(2,3)4;1-6(2)7-3-4-8(13,5-7)9(10,11)12;1-7(2)9(6-10-5)8(3)4;1-7(8-5-6-8)9(2,3)4;1-8(2,3)6-7-4-5-7;1-5(2)6-3-8-4-7(6)9;1-6(2)7(3,4)5/h10H,4-9H2,1-3H3;9-10H,5-8H2,1-4H3;6-7,13H,3-5H2,1-2H3;7-9H,6H2,1-5H3;7-8H,5-6H2,1-4H3;7H,4-6H2,1-3H3;5-9H,3-4H2,1-2H3;6H,1-5H3. The third-order valence-electron chi connectivity index (χ3n) is 19.1. The summed E-state index contributed by atoms with van der Waals surface area (Å²) in [4.78, 5) is 0. The maximum Gasteiger partial charge on any atom is 0.417 e. The van der Waals surface area contributed by atoms with Crippen LogP contribution in [0, 0.1) is 110 Å². The summed E-state index contributed by atoms with van der Waals surface area (Å²) in [5, 5.41) is 21.8. The number of nitrogens with one attached hydrogen (secondary N) is 1. The number of rotatable bonds is 10. The molecular weight excluding hydrogens is 988 g/mol. The van der Waals surface area contributed by atoms with E-state index in [1.807, 2.05) is 13.8 Å². The van der Waals surface area contributed by atoms with Gasteiger partial charge in [0.1, 0.15) is 0 Å². The maximum atomic E-state index is 12.3. The smallest absolute Gasteiger partial charge is 0.391 e. The van der Waals surface area contributed by atoms with Crippen LogP contribution < -0.4 is 5.32 Å². The number of alkyl halides is 3. The molecule has 0 spiro atoms. The van der Waals surface area contributed by atoms with Crippen LogP contribution in [0.4, 0.5) is 13.2 Å². The molecule has 0 aromatic heterocycles. The van der Waals surface area contributed by atoms with Crippen molar-refractivity contribution < 1.29 is 32.9 Å². The topological polar surface area (TPSA) is 71.0 Å². The molecule has 0 amide bonds. The molecular formula is C71H144F3NO4. The van der Waals surface area contributed by atoms with Crippen LogP contribution >= 0.6 is 0 Å². The maximum absolute atomic E-state index is 12.3. The Kier molecular flexibility index (Phi) is 38.0. The quantitative estimate of drug-likeness (QED) is 0.203. The number of aliphatic hydroxyl groups excluding tert-OH is 1. The minimum absolute atomic E-state index is 0.00613. The second-order valence-electron chi connectivity index (χ2n) is 33.7. The zero-order valence-electron chi connectivity index (χ0n) is 58.4. The molecule has 4 aliphatic carbocycles. The molecule has 4 saturated carbocycles. The normalized spacial score (nSPS) is 25.5. The summed E-state index contributed by atoms with van der Waals surface area (Å²) in [7, 11) is 1.78. The first-order chi connectivity index (χ1) is 35.7. The van der Waals surface area contributed by atoms with Gasteiger partial charge >= 0.3 is 6.18 Å². The molecule has 0 aromatic carbocycles. The van der Waals surface area contributed by atoms with E-state index in [0.717, 1.165) is 86.2 Å². The Balaban J connectivity index is 0. The van der Waals surface area contributed by atoms with Crippen LogP contribution in [-0.2, 0) is 9.47 Å². The van der Waals surface area contributed by atoms with Crippen LogP contribution in [-0.4, -0.2) is 68.1 Å². The van der Waals surface area contributed by atoms with Crippen LogP contribution in [0.5, 0.6) is 0 Å². The van der Waals surface area contributed by atoms with E-state index in [4.69, 9.17) is 9.47 Å². The average Bonchev–Trinajstić information content (AvgIpc) is 4.22. The fourth-order valence-electron chi connectivity index (χ4n) is 10.9. The summed E-state index contributed by atoms with van der Waals surface area (Å²) in [6.07, 6.45) is 14.2. The molecule has 2 heterocycles. The molecule has 5 atom stereocenters. The number of hydrogen-bond donors (Lipinski definition) is 3. The number of methoxy groups -OCH3 is 1. The van der Waals surface area contributed by atoms with Gasteiger partial charge in [-0.05, 0) is 181 Å². The van der Waals surface area contributed by atoms with Crippen LogP contribution in [0.3, 0.4) is 0 Å². The highest BCUT2D eigenvalue weighted by atomic mass is 19.4. The Morgan fingerprint density at radius 3 is 1.30 bits per heavy atom. The molecule has 2 aliphatic heterocycles. The van der Waals surface area contributed by atoms with Crippen LogP contribution in [0.2, 0.25) is 0 Å². The average molecular weight is 1130 g/mol. The van der Waals surface area contributed by atoms with Crippen molar-refractivity contribution in [3.05, 3.63) is 0 Å². The van der Waals surface area contributed by atoms with Crippen molar-refractivity contribution in [2.75, 3.05) is 40.0 Å². The molecule has 0 bridgehead atoms. The first kappa shape index (κ1) is 80.7. The number of aliphatic hydroxyl groups is 2. The van der Waals surface area contributed by atoms with Gasteiger partial charge in [0.15, 0.2) is 5.60 Å². The Labute approximate surface area is 493 Å². The Morgan fingerprint density at radius 1 is 0.595 bits per heavy atom. The van der Waals surface area contributed by atoms with Crippen molar-refractivity contribution >= 4 is 0 Å². The highest BCUT2D eigenvalue weighted by Gasteiger charge is 2.57. The van der Waals surface area contributed by atoms with Gasteiger partial charge in [-0.15, -0.1) is 0 Å². The van der Waals surface area contributed by atoms with E-state index >= 15 is 0 Å². The van der Waals surface area contributed by atoms with E-state index < -0.39 is 11.8 Å². The van der Waals surface area contributed by atoms with Gasteiger partial charge in [-0.2, -0.15) is 13.2 Å². The second-order valence-corrected chi connectivity index (χ2v) is 33.7. The van der Waals surface area contributed by atoms with E-state index in [1.165, 1.54) is 83.5 Å². The molecule has 5 nitrogen and oxygen atoms in total. The van der Waals surface area contributed by atoms with Gasteiger partial charge in [0.05, 0.1) is 6.10 Å².